The molecule has 2 aromatic rings. The maximum atomic E-state index is 5.91. The van der Waals surface area contributed by atoms with Gasteiger partial charge in [-0.05, 0) is 42.5 Å². The van der Waals surface area contributed by atoms with Gasteiger partial charge in [-0.15, -0.1) is 0 Å². The fourth-order valence-corrected chi connectivity index (χ4v) is 2.74. The number of benzene rings is 1. The maximum Gasteiger partial charge on any atom is 0.109 e. The van der Waals surface area contributed by atoms with E-state index < -0.39 is 0 Å². The molecule has 1 heterocycles. The van der Waals surface area contributed by atoms with Crippen molar-refractivity contribution in [1.29, 1.82) is 0 Å². The van der Waals surface area contributed by atoms with Crippen LogP contribution in [0.2, 0.25) is 0 Å². The zero-order chi connectivity index (χ0) is 14.0. The van der Waals surface area contributed by atoms with Gasteiger partial charge in [0.1, 0.15) is 5.82 Å². The average Bonchev–Trinajstić information content (AvgIpc) is 2.67. The van der Waals surface area contributed by atoms with Crippen molar-refractivity contribution < 1.29 is 0 Å². The van der Waals surface area contributed by atoms with Crippen molar-refractivity contribution in [1.82, 2.24) is 9.55 Å². The molecule has 0 aliphatic heterocycles. The van der Waals surface area contributed by atoms with Crippen molar-refractivity contribution in [3.63, 3.8) is 0 Å². The third-order valence-corrected chi connectivity index (χ3v) is 3.96. The van der Waals surface area contributed by atoms with Gasteiger partial charge in [-0.25, -0.2) is 4.98 Å². The van der Waals surface area contributed by atoms with Gasteiger partial charge >= 0.3 is 0 Å². The van der Waals surface area contributed by atoms with Gasteiger partial charge in [0.15, 0.2) is 0 Å². The molecule has 0 spiro atoms. The maximum absolute atomic E-state index is 5.91. The van der Waals surface area contributed by atoms with Crippen LogP contribution in [0, 0.1) is 5.92 Å². The van der Waals surface area contributed by atoms with Crippen molar-refractivity contribution in [2.24, 2.45) is 18.7 Å². The number of fused-ring (bicyclic) bond motifs is 1. The summed E-state index contributed by atoms with van der Waals surface area (Å²) in [6.45, 7) is 7.33. The van der Waals surface area contributed by atoms with Crippen LogP contribution in [0.15, 0.2) is 18.2 Å². The van der Waals surface area contributed by atoms with Crippen LogP contribution >= 0.6 is 0 Å². The smallest absolute Gasteiger partial charge is 0.109 e. The minimum Gasteiger partial charge on any atom is -0.331 e. The quantitative estimate of drug-likeness (QED) is 0.896. The summed E-state index contributed by atoms with van der Waals surface area (Å²) in [6.07, 6.45) is 2.16. The largest absolute Gasteiger partial charge is 0.331 e. The summed E-state index contributed by atoms with van der Waals surface area (Å²) < 4.78 is 2.20. The summed E-state index contributed by atoms with van der Waals surface area (Å²) >= 11 is 0. The molecule has 2 N–H and O–H groups in total. The molecule has 0 aliphatic rings. The minimum absolute atomic E-state index is 0.418. The molecule has 104 valence electrons. The molecule has 0 amide bonds. The standard InChI is InChI=1S/C16H25N3/c1-5-6-16-18-14-9-12(13(10-17)11(2)3)7-8-15(14)19(16)4/h7-9,11,13H,5-6,10,17H2,1-4H3. The fraction of sp³-hybridized carbons (Fsp3) is 0.562. The molecule has 19 heavy (non-hydrogen) atoms. The Morgan fingerprint density at radius 1 is 1.32 bits per heavy atom. The monoisotopic (exact) mass is 259 g/mol. The van der Waals surface area contributed by atoms with E-state index in [9.17, 15) is 0 Å². The van der Waals surface area contributed by atoms with Crippen molar-refractivity contribution in [2.75, 3.05) is 6.54 Å². The van der Waals surface area contributed by atoms with E-state index in [0.717, 1.165) is 18.4 Å². The number of aryl methyl sites for hydroxylation is 2. The van der Waals surface area contributed by atoms with E-state index >= 15 is 0 Å². The molecule has 1 unspecified atom stereocenters. The van der Waals surface area contributed by atoms with Gasteiger partial charge < -0.3 is 10.3 Å². The summed E-state index contributed by atoms with van der Waals surface area (Å²) in [4.78, 5) is 4.76. The van der Waals surface area contributed by atoms with Gasteiger partial charge in [0.25, 0.3) is 0 Å². The summed E-state index contributed by atoms with van der Waals surface area (Å²) in [5, 5.41) is 0. The van der Waals surface area contributed by atoms with Crippen molar-refractivity contribution in [3.05, 3.63) is 29.6 Å². The lowest BCUT2D eigenvalue weighted by Crippen LogP contribution is -2.17. The number of aromatic nitrogens is 2. The molecule has 0 saturated carbocycles. The highest BCUT2D eigenvalue weighted by atomic mass is 15.1. The summed E-state index contributed by atoms with van der Waals surface area (Å²) in [5.74, 6) is 2.14. The average molecular weight is 259 g/mol. The number of hydrogen-bond donors (Lipinski definition) is 1. The van der Waals surface area contributed by atoms with Crippen LogP contribution in [-0.4, -0.2) is 16.1 Å². The fourth-order valence-electron chi connectivity index (χ4n) is 2.74. The normalized spacial score (nSPS) is 13.4. The molecule has 0 fully saturated rings. The zero-order valence-electron chi connectivity index (χ0n) is 12.5. The van der Waals surface area contributed by atoms with E-state index in [2.05, 4.69) is 50.6 Å². The van der Waals surface area contributed by atoms with Gasteiger partial charge in [0.2, 0.25) is 0 Å². The topological polar surface area (TPSA) is 43.8 Å². The second kappa shape index (κ2) is 5.74. The minimum atomic E-state index is 0.418. The first kappa shape index (κ1) is 14.1. The van der Waals surface area contributed by atoms with Crippen LogP contribution in [0.1, 0.15) is 44.5 Å². The molecule has 0 saturated heterocycles. The molecule has 1 atom stereocenters. The molecule has 2 rings (SSSR count). The second-order valence-corrected chi connectivity index (χ2v) is 5.67. The van der Waals surface area contributed by atoms with Crippen LogP contribution in [-0.2, 0) is 13.5 Å². The first-order valence-corrected chi connectivity index (χ1v) is 7.23. The van der Waals surface area contributed by atoms with E-state index in [-0.39, 0.29) is 0 Å². The van der Waals surface area contributed by atoms with Gasteiger partial charge in [-0.3, -0.25) is 0 Å². The number of rotatable bonds is 5. The Balaban J connectivity index is 2.45. The van der Waals surface area contributed by atoms with Crippen molar-refractivity contribution in [2.45, 2.75) is 39.5 Å². The van der Waals surface area contributed by atoms with E-state index in [0.29, 0.717) is 18.4 Å². The summed E-state index contributed by atoms with van der Waals surface area (Å²) in [5.41, 5.74) is 9.53. The number of nitrogens with zero attached hydrogens (tertiary/aromatic N) is 2. The van der Waals surface area contributed by atoms with Crippen LogP contribution in [0.25, 0.3) is 11.0 Å². The van der Waals surface area contributed by atoms with Gasteiger partial charge in [-0.1, -0.05) is 26.8 Å². The Kier molecular flexibility index (Phi) is 4.25. The summed E-state index contributed by atoms with van der Waals surface area (Å²) in [7, 11) is 2.10. The molecular formula is C16H25N3. The van der Waals surface area contributed by atoms with Crippen LogP contribution in [0.4, 0.5) is 0 Å². The number of imidazole rings is 1. The first-order valence-electron chi connectivity index (χ1n) is 7.23. The zero-order valence-corrected chi connectivity index (χ0v) is 12.5. The predicted molar refractivity (Wildman–Crippen MR) is 81.3 cm³/mol. The SMILES string of the molecule is CCCc1nc2cc(C(CN)C(C)C)ccc2n1C. The molecule has 1 aromatic carbocycles. The molecule has 1 aromatic heterocycles. The highest BCUT2D eigenvalue weighted by molar-refractivity contribution is 5.77. The molecule has 3 nitrogen and oxygen atoms in total. The molecule has 0 aliphatic carbocycles. The first-order chi connectivity index (χ1) is 9.08. The van der Waals surface area contributed by atoms with Crippen LogP contribution < -0.4 is 5.73 Å². The third kappa shape index (κ3) is 2.66. The van der Waals surface area contributed by atoms with E-state index in [4.69, 9.17) is 10.7 Å². The van der Waals surface area contributed by atoms with E-state index in [1.165, 1.54) is 16.9 Å². The van der Waals surface area contributed by atoms with Crippen LogP contribution in [0.3, 0.4) is 0 Å². The lowest BCUT2D eigenvalue weighted by atomic mass is 9.88. The van der Waals surface area contributed by atoms with Gasteiger partial charge in [0.05, 0.1) is 11.0 Å². The lowest BCUT2D eigenvalue weighted by molar-refractivity contribution is 0.507. The second-order valence-electron chi connectivity index (χ2n) is 5.67. The van der Waals surface area contributed by atoms with Crippen LogP contribution in [0.5, 0.6) is 0 Å². The molecule has 0 radical (unpaired) electrons. The Bertz CT molecular complexity index is 554. The van der Waals surface area contributed by atoms with Crippen molar-refractivity contribution in [3.8, 4) is 0 Å². The lowest BCUT2D eigenvalue weighted by Gasteiger charge is -2.19. The predicted octanol–water partition coefficient (Wildman–Crippen LogP) is 3.22. The Morgan fingerprint density at radius 2 is 2.05 bits per heavy atom. The Labute approximate surface area is 115 Å². The Morgan fingerprint density at radius 3 is 2.63 bits per heavy atom. The van der Waals surface area contributed by atoms with E-state index in [1.54, 1.807) is 0 Å². The van der Waals surface area contributed by atoms with Crippen molar-refractivity contribution >= 4 is 11.0 Å². The van der Waals surface area contributed by atoms with Gasteiger partial charge in [-0.2, -0.15) is 0 Å². The highest BCUT2D eigenvalue weighted by Crippen LogP contribution is 2.26. The third-order valence-electron chi connectivity index (χ3n) is 3.96. The molecular weight excluding hydrogens is 234 g/mol. The van der Waals surface area contributed by atoms with Gasteiger partial charge in [0, 0.05) is 13.5 Å². The van der Waals surface area contributed by atoms with E-state index in [1.807, 2.05) is 0 Å². The highest BCUT2D eigenvalue weighted by Gasteiger charge is 2.16. The number of hydrogen-bond acceptors (Lipinski definition) is 2. The number of nitrogens with two attached hydrogens (primary N) is 1. The molecule has 0 bridgehead atoms. The summed E-state index contributed by atoms with van der Waals surface area (Å²) in [6, 6.07) is 6.60. The Hall–Kier alpha value is -1.35. The molecule has 3 heteroatoms.